The Morgan fingerprint density at radius 3 is 1.19 bits per heavy atom. The number of allylic oxidation sites excluding steroid dienone is 11. The zero-order valence-corrected chi connectivity index (χ0v) is 56.4. The lowest BCUT2D eigenvalue weighted by Gasteiger charge is -2.46. The van der Waals surface area contributed by atoms with E-state index in [9.17, 15) is 45.6 Å². The van der Waals surface area contributed by atoms with Crippen LogP contribution >= 0.6 is 0 Å². The Balaban J connectivity index is 1.66. The van der Waals surface area contributed by atoms with Gasteiger partial charge in [0.05, 0.1) is 32.0 Å². The maximum absolute atomic E-state index is 13.3. The first kappa shape index (κ1) is 82.5. The van der Waals surface area contributed by atoms with Crippen molar-refractivity contribution in [3.8, 4) is 0 Å². The van der Waals surface area contributed by atoms with Gasteiger partial charge in [-0.1, -0.05) is 305 Å². The highest BCUT2D eigenvalue weighted by Gasteiger charge is 2.51. The second kappa shape index (κ2) is 59.2. The lowest BCUT2D eigenvalue weighted by atomic mass is 9.97. The van der Waals surface area contributed by atoms with Crippen molar-refractivity contribution in [3.05, 3.63) is 72.9 Å². The molecule has 0 saturated carbocycles. The van der Waals surface area contributed by atoms with Crippen molar-refractivity contribution in [1.29, 1.82) is 0 Å². The molecule has 2 aliphatic rings. The minimum absolute atomic E-state index is 0.250. The Morgan fingerprint density at radius 2 is 0.775 bits per heavy atom. The van der Waals surface area contributed by atoms with Crippen LogP contribution in [0.4, 0.5) is 0 Å². The third-order valence-electron chi connectivity index (χ3n) is 17.6. The summed E-state index contributed by atoms with van der Waals surface area (Å²) in [5, 5.41) is 87.5. The van der Waals surface area contributed by atoms with Gasteiger partial charge in [-0.2, -0.15) is 0 Å². The van der Waals surface area contributed by atoms with Crippen LogP contribution in [-0.4, -0.2) is 140 Å². The molecule has 0 spiro atoms. The SMILES string of the molecule is CC/C=C\C/C=C\C/C=C\C/C=C\C/C=C\CCCCCCCCCC(=O)NC(COC1OC(CO)C(OC2OC(CO)C(O)C(O)C2O)C(O)C1O)C(O)/C=C/CCCCCCCCCCCCCCCCCCCCCCCCCCCCCCCC. The molecule has 0 aliphatic carbocycles. The predicted octanol–water partition coefficient (Wildman–Crippen LogP) is 15.4. The summed E-state index contributed by atoms with van der Waals surface area (Å²) in [7, 11) is 0. The number of ether oxygens (including phenoxy) is 4. The molecule has 0 radical (unpaired) electrons. The lowest BCUT2D eigenvalue weighted by Crippen LogP contribution is -2.65. The Hall–Kier alpha value is -2.57. The van der Waals surface area contributed by atoms with Crippen LogP contribution < -0.4 is 5.32 Å². The molecular formula is C75H135NO13. The van der Waals surface area contributed by atoms with E-state index in [-0.39, 0.29) is 18.9 Å². The van der Waals surface area contributed by atoms with Gasteiger partial charge >= 0.3 is 0 Å². The van der Waals surface area contributed by atoms with E-state index in [0.717, 1.165) is 89.9 Å². The van der Waals surface area contributed by atoms with E-state index in [0.29, 0.717) is 6.42 Å². The zero-order valence-electron chi connectivity index (χ0n) is 56.4. The van der Waals surface area contributed by atoms with Crippen LogP contribution in [0, 0.1) is 0 Å². The van der Waals surface area contributed by atoms with Crippen molar-refractivity contribution in [2.75, 3.05) is 19.8 Å². The van der Waals surface area contributed by atoms with Gasteiger partial charge in [0.15, 0.2) is 12.6 Å². The first-order valence-corrected chi connectivity index (χ1v) is 36.7. The van der Waals surface area contributed by atoms with Crippen LogP contribution in [0.2, 0.25) is 0 Å². The standard InChI is InChI=1S/C75H135NO13/c1-3-5-7-9-11-13-15-17-19-21-23-25-27-28-29-30-31-32-33-34-35-37-38-40-42-44-46-48-50-52-54-56-58-64(79)63(62-86-74-72(85)70(83)73(66(61-78)88-74)89-75-71(84)69(82)68(81)65(60-77)87-75)76-67(80)59-57-55-53-51-49-47-45-43-41-39-36-26-24-22-20-18-16-14-12-10-8-6-4-2/h6,8,12,14,18,20,24,26,39,41,56,58,63-66,68-75,77-79,81-85H,3-5,7,9-11,13,15-17,19,21-23,25,27-38,40,42-55,57,59-62H2,1-2H3,(H,76,80)/b8-6-,14-12-,20-18-,26-24-,41-39-,58-56+. The van der Waals surface area contributed by atoms with Crippen LogP contribution in [-0.2, 0) is 23.7 Å². The van der Waals surface area contributed by atoms with Crippen LogP contribution in [0.3, 0.4) is 0 Å². The van der Waals surface area contributed by atoms with Gasteiger partial charge in [-0.25, -0.2) is 0 Å². The van der Waals surface area contributed by atoms with E-state index in [1.54, 1.807) is 6.08 Å². The van der Waals surface area contributed by atoms with Crippen LogP contribution in [0.5, 0.6) is 0 Å². The van der Waals surface area contributed by atoms with E-state index in [1.165, 1.54) is 186 Å². The second-order valence-corrected chi connectivity index (χ2v) is 25.7. The average molecular weight is 1260 g/mol. The highest BCUT2D eigenvalue weighted by atomic mass is 16.7. The highest BCUT2D eigenvalue weighted by Crippen LogP contribution is 2.30. The van der Waals surface area contributed by atoms with E-state index in [4.69, 9.17) is 18.9 Å². The fourth-order valence-corrected chi connectivity index (χ4v) is 11.9. The lowest BCUT2D eigenvalue weighted by molar-refractivity contribution is -0.359. The summed E-state index contributed by atoms with van der Waals surface area (Å²) in [5.41, 5.74) is 0. The molecule has 2 aliphatic heterocycles. The van der Waals surface area contributed by atoms with Crippen molar-refractivity contribution in [2.24, 2.45) is 0 Å². The number of unbranched alkanes of at least 4 members (excludes halogenated alkanes) is 37. The van der Waals surface area contributed by atoms with Crippen LogP contribution in [0.1, 0.15) is 303 Å². The average Bonchev–Trinajstić information content (AvgIpc) is 3.63. The Kier molecular flexibility index (Phi) is 54.9. The van der Waals surface area contributed by atoms with Gasteiger partial charge in [0.1, 0.15) is 48.8 Å². The van der Waals surface area contributed by atoms with E-state index >= 15 is 0 Å². The van der Waals surface area contributed by atoms with E-state index in [2.05, 4.69) is 79.9 Å². The van der Waals surface area contributed by atoms with Crippen LogP contribution in [0.25, 0.3) is 0 Å². The summed E-state index contributed by atoms with van der Waals surface area (Å²) < 4.78 is 22.9. The summed E-state index contributed by atoms with van der Waals surface area (Å²) in [6.07, 6.45) is 63.9. The third-order valence-corrected chi connectivity index (χ3v) is 17.6. The molecule has 89 heavy (non-hydrogen) atoms. The van der Waals surface area contributed by atoms with Crippen molar-refractivity contribution >= 4 is 5.91 Å². The largest absolute Gasteiger partial charge is 0.394 e. The minimum Gasteiger partial charge on any atom is -0.394 e. The highest BCUT2D eigenvalue weighted by molar-refractivity contribution is 5.76. The van der Waals surface area contributed by atoms with Gasteiger partial charge in [0.2, 0.25) is 5.91 Å². The van der Waals surface area contributed by atoms with Crippen molar-refractivity contribution < 1.29 is 64.6 Å². The molecule has 0 aromatic heterocycles. The number of carbonyl (C=O) groups excluding carboxylic acids is 1. The summed E-state index contributed by atoms with van der Waals surface area (Å²) in [5.74, 6) is -0.250. The number of hydrogen-bond acceptors (Lipinski definition) is 13. The number of aliphatic hydroxyl groups is 8. The van der Waals surface area contributed by atoms with E-state index in [1.807, 2.05) is 6.08 Å². The Morgan fingerprint density at radius 1 is 0.416 bits per heavy atom. The quantitative estimate of drug-likeness (QED) is 0.0204. The maximum Gasteiger partial charge on any atom is 0.220 e. The minimum atomic E-state index is -1.79. The molecule has 9 N–H and O–H groups in total. The van der Waals surface area contributed by atoms with E-state index < -0.39 is 86.8 Å². The molecule has 2 rings (SSSR count). The Labute approximate surface area is 542 Å². The molecule has 12 unspecified atom stereocenters. The first-order chi connectivity index (χ1) is 43.6. The number of carbonyl (C=O) groups is 1. The number of amides is 1. The number of hydrogen-bond donors (Lipinski definition) is 9. The van der Waals surface area contributed by atoms with Gasteiger partial charge < -0.3 is 65.1 Å². The van der Waals surface area contributed by atoms with Crippen molar-refractivity contribution in [3.63, 3.8) is 0 Å². The molecule has 2 heterocycles. The zero-order chi connectivity index (χ0) is 64.5. The fraction of sp³-hybridized carbons (Fsp3) is 0.827. The summed E-state index contributed by atoms with van der Waals surface area (Å²) in [6, 6.07) is -0.927. The van der Waals surface area contributed by atoms with Gasteiger partial charge in [-0.05, 0) is 64.2 Å². The van der Waals surface area contributed by atoms with Gasteiger partial charge in [-0.3, -0.25) is 4.79 Å². The fourth-order valence-electron chi connectivity index (χ4n) is 11.9. The normalized spacial score (nSPS) is 23.4. The molecule has 2 saturated heterocycles. The molecule has 518 valence electrons. The summed E-state index contributed by atoms with van der Waals surface area (Å²) >= 11 is 0. The van der Waals surface area contributed by atoms with Gasteiger partial charge in [0, 0.05) is 6.42 Å². The first-order valence-electron chi connectivity index (χ1n) is 36.7. The molecule has 14 nitrogen and oxygen atoms in total. The van der Waals surface area contributed by atoms with Crippen LogP contribution in [0.15, 0.2) is 72.9 Å². The molecule has 2 fully saturated rings. The molecular weight excluding hydrogens is 1120 g/mol. The van der Waals surface area contributed by atoms with Gasteiger partial charge in [-0.15, -0.1) is 0 Å². The van der Waals surface area contributed by atoms with Crippen molar-refractivity contribution in [1.82, 2.24) is 5.32 Å². The number of aliphatic hydroxyl groups excluding tert-OH is 8. The monoisotopic (exact) mass is 1260 g/mol. The predicted molar refractivity (Wildman–Crippen MR) is 364 cm³/mol. The number of nitrogens with one attached hydrogen (secondary N) is 1. The number of rotatable bonds is 60. The smallest absolute Gasteiger partial charge is 0.220 e. The second-order valence-electron chi connectivity index (χ2n) is 25.7. The molecule has 0 aromatic carbocycles. The maximum atomic E-state index is 13.3. The Bertz CT molecular complexity index is 1770. The van der Waals surface area contributed by atoms with Gasteiger partial charge in [0.25, 0.3) is 0 Å². The molecule has 14 heteroatoms. The topological polar surface area (TPSA) is 228 Å². The summed E-state index contributed by atoms with van der Waals surface area (Å²) in [4.78, 5) is 13.3. The summed E-state index contributed by atoms with van der Waals surface area (Å²) in [6.45, 7) is 2.71. The van der Waals surface area contributed by atoms with Crippen molar-refractivity contribution in [2.45, 2.75) is 376 Å². The molecule has 0 bridgehead atoms. The molecule has 1 amide bonds. The molecule has 12 atom stereocenters. The molecule has 0 aromatic rings. The third kappa shape index (κ3) is 43.1.